The number of rotatable bonds is 9. The van der Waals surface area contributed by atoms with E-state index in [1.54, 1.807) is 7.11 Å². The van der Waals surface area contributed by atoms with Crippen molar-refractivity contribution in [2.24, 2.45) is 5.92 Å². The van der Waals surface area contributed by atoms with E-state index in [1.165, 1.54) is 0 Å². The monoisotopic (exact) mass is 244 g/mol. The summed E-state index contributed by atoms with van der Waals surface area (Å²) in [5.41, 5.74) is 0. The van der Waals surface area contributed by atoms with Crippen molar-refractivity contribution >= 4 is 5.91 Å². The zero-order chi connectivity index (χ0) is 12.5. The molecular formula is C12H24N2O3. The SMILES string of the molecule is CNCC1CC(OCC(=O)NCCCOC)C1. The zero-order valence-corrected chi connectivity index (χ0v) is 10.8. The van der Waals surface area contributed by atoms with Crippen LogP contribution in [-0.2, 0) is 14.3 Å². The molecule has 100 valence electrons. The molecule has 1 aliphatic rings. The van der Waals surface area contributed by atoms with Crippen LogP contribution in [-0.4, -0.2) is 52.5 Å². The van der Waals surface area contributed by atoms with E-state index >= 15 is 0 Å². The molecule has 0 saturated heterocycles. The van der Waals surface area contributed by atoms with Gasteiger partial charge in [-0.1, -0.05) is 0 Å². The first-order valence-corrected chi connectivity index (χ1v) is 6.28. The number of hydrogen-bond donors (Lipinski definition) is 2. The fourth-order valence-corrected chi connectivity index (χ4v) is 1.95. The number of amides is 1. The summed E-state index contributed by atoms with van der Waals surface area (Å²) in [4.78, 5) is 11.4. The van der Waals surface area contributed by atoms with Gasteiger partial charge in [-0.05, 0) is 38.8 Å². The highest BCUT2D eigenvalue weighted by atomic mass is 16.5. The summed E-state index contributed by atoms with van der Waals surface area (Å²) in [5.74, 6) is 0.688. The van der Waals surface area contributed by atoms with Crippen LogP contribution in [0.3, 0.4) is 0 Å². The number of hydrogen-bond acceptors (Lipinski definition) is 4. The van der Waals surface area contributed by atoms with E-state index in [9.17, 15) is 4.79 Å². The standard InChI is InChI=1S/C12H24N2O3/c1-13-8-10-6-11(7-10)17-9-12(15)14-4-3-5-16-2/h10-11,13H,3-9H2,1-2H3,(H,14,15). The quantitative estimate of drug-likeness (QED) is 0.567. The number of ether oxygens (including phenoxy) is 2. The molecule has 0 bridgehead atoms. The van der Waals surface area contributed by atoms with Gasteiger partial charge in [0, 0.05) is 20.3 Å². The van der Waals surface area contributed by atoms with Gasteiger partial charge in [0.1, 0.15) is 6.61 Å². The smallest absolute Gasteiger partial charge is 0.246 e. The second-order valence-corrected chi connectivity index (χ2v) is 4.52. The summed E-state index contributed by atoms with van der Waals surface area (Å²) in [7, 11) is 3.62. The fourth-order valence-electron chi connectivity index (χ4n) is 1.95. The highest BCUT2D eigenvalue weighted by Gasteiger charge is 2.29. The molecule has 5 nitrogen and oxygen atoms in total. The van der Waals surface area contributed by atoms with E-state index in [2.05, 4.69) is 10.6 Å². The van der Waals surface area contributed by atoms with Crippen LogP contribution in [0.5, 0.6) is 0 Å². The summed E-state index contributed by atoms with van der Waals surface area (Å²) in [5, 5.41) is 5.95. The summed E-state index contributed by atoms with van der Waals surface area (Å²) in [6.07, 6.45) is 3.25. The van der Waals surface area contributed by atoms with Crippen LogP contribution in [0.15, 0.2) is 0 Å². The molecule has 0 unspecified atom stereocenters. The first-order chi connectivity index (χ1) is 8.26. The van der Waals surface area contributed by atoms with Crippen LogP contribution in [0, 0.1) is 5.92 Å². The van der Waals surface area contributed by atoms with Crippen LogP contribution in [0.2, 0.25) is 0 Å². The average molecular weight is 244 g/mol. The maximum absolute atomic E-state index is 11.4. The van der Waals surface area contributed by atoms with Gasteiger partial charge >= 0.3 is 0 Å². The van der Waals surface area contributed by atoms with Crippen molar-refractivity contribution in [3.05, 3.63) is 0 Å². The Bertz CT molecular complexity index is 218. The molecule has 1 amide bonds. The van der Waals surface area contributed by atoms with Gasteiger partial charge in [0.25, 0.3) is 0 Å². The van der Waals surface area contributed by atoms with E-state index in [0.29, 0.717) is 13.2 Å². The van der Waals surface area contributed by atoms with Crippen LogP contribution < -0.4 is 10.6 Å². The molecular weight excluding hydrogens is 220 g/mol. The highest BCUT2D eigenvalue weighted by molar-refractivity contribution is 5.77. The van der Waals surface area contributed by atoms with E-state index in [0.717, 1.165) is 31.7 Å². The number of methoxy groups -OCH3 is 1. The molecule has 5 heteroatoms. The van der Waals surface area contributed by atoms with Gasteiger partial charge in [0.05, 0.1) is 6.10 Å². The molecule has 2 N–H and O–H groups in total. The lowest BCUT2D eigenvalue weighted by Gasteiger charge is -2.34. The maximum atomic E-state index is 11.4. The maximum Gasteiger partial charge on any atom is 0.246 e. The van der Waals surface area contributed by atoms with Crippen molar-refractivity contribution in [1.82, 2.24) is 10.6 Å². The number of nitrogens with one attached hydrogen (secondary N) is 2. The molecule has 0 aromatic rings. The summed E-state index contributed by atoms with van der Waals surface area (Å²) < 4.78 is 10.4. The highest BCUT2D eigenvalue weighted by Crippen LogP contribution is 2.29. The van der Waals surface area contributed by atoms with Gasteiger partial charge in [0.15, 0.2) is 0 Å². The minimum atomic E-state index is -0.0295. The van der Waals surface area contributed by atoms with Gasteiger partial charge in [-0.25, -0.2) is 0 Å². The predicted molar refractivity (Wildman–Crippen MR) is 65.9 cm³/mol. The summed E-state index contributed by atoms with van der Waals surface area (Å²) in [6.45, 7) is 2.56. The van der Waals surface area contributed by atoms with Crippen LogP contribution in [0.1, 0.15) is 19.3 Å². The molecule has 17 heavy (non-hydrogen) atoms. The van der Waals surface area contributed by atoms with E-state index < -0.39 is 0 Å². The molecule has 0 aliphatic heterocycles. The van der Waals surface area contributed by atoms with E-state index in [1.807, 2.05) is 7.05 Å². The minimum absolute atomic E-state index is 0.0295. The Balaban J connectivity index is 1.91. The summed E-state index contributed by atoms with van der Waals surface area (Å²) in [6, 6.07) is 0. The van der Waals surface area contributed by atoms with Crippen LogP contribution in [0.4, 0.5) is 0 Å². The van der Waals surface area contributed by atoms with Crippen molar-refractivity contribution in [3.63, 3.8) is 0 Å². The van der Waals surface area contributed by atoms with Crippen molar-refractivity contribution in [1.29, 1.82) is 0 Å². The van der Waals surface area contributed by atoms with Gasteiger partial charge in [-0.2, -0.15) is 0 Å². The first-order valence-electron chi connectivity index (χ1n) is 6.28. The van der Waals surface area contributed by atoms with E-state index in [4.69, 9.17) is 9.47 Å². The van der Waals surface area contributed by atoms with E-state index in [-0.39, 0.29) is 18.6 Å². The Kier molecular flexibility index (Phi) is 7.16. The van der Waals surface area contributed by atoms with Gasteiger partial charge in [-0.15, -0.1) is 0 Å². The van der Waals surface area contributed by atoms with Gasteiger partial charge in [0.2, 0.25) is 5.91 Å². The Hall–Kier alpha value is -0.650. The van der Waals surface area contributed by atoms with Crippen molar-refractivity contribution in [2.75, 3.05) is 40.5 Å². The second kappa shape index (κ2) is 8.44. The average Bonchev–Trinajstić information content (AvgIpc) is 2.27. The lowest BCUT2D eigenvalue weighted by Crippen LogP contribution is -2.39. The third-order valence-corrected chi connectivity index (χ3v) is 2.98. The lowest BCUT2D eigenvalue weighted by molar-refractivity contribution is -0.131. The molecule has 0 heterocycles. The lowest BCUT2D eigenvalue weighted by atomic mass is 9.82. The number of carbonyl (C=O) groups is 1. The molecule has 0 aromatic heterocycles. The second-order valence-electron chi connectivity index (χ2n) is 4.52. The Morgan fingerprint density at radius 3 is 2.82 bits per heavy atom. The predicted octanol–water partition coefficient (Wildman–Crippen LogP) is 0.154. The van der Waals surface area contributed by atoms with Crippen LogP contribution in [0.25, 0.3) is 0 Å². The van der Waals surface area contributed by atoms with Crippen LogP contribution >= 0.6 is 0 Å². The largest absolute Gasteiger partial charge is 0.385 e. The topological polar surface area (TPSA) is 59.6 Å². The molecule has 1 saturated carbocycles. The molecule has 0 radical (unpaired) electrons. The Morgan fingerprint density at radius 1 is 1.41 bits per heavy atom. The molecule has 0 atom stereocenters. The Labute approximate surface area is 103 Å². The Morgan fingerprint density at radius 2 is 2.18 bits per heavy atom. The summed E-state index contributed by atoms with van der Waals surface area (Å²) >= 11 is 0. The minimum Gasteiger partial charge on any atom is -0.385 e. The third-order valence-electron chi connectivity index (χ3n) is 2.98. The first kappa shape index (κ1) is 14.4. The van der Waals surface area contributed by atoms with Crippen molar-refractivity contribution < 1.29 is 14.3 Å². The molecule has 1 rings (SSSR count). The van der Waals surface area contributed by atoms with Gasteiger partial charge < -0.3 is 20.1 Å². The van der Waals surface area contributed by atoms with Gasteiger partial charge in [-0.3, -0.25) is 4.79 Å². The molecule has 0 aromatic carbocycles. The number of carbonyl (C=O) groups excluding carboxylic acids is 1. The van der Waals surface area contributed by atoms with Crippen molar-refractivity contribution in [3.8, 4) is 0 Å². The molecule has 1 aliphatic carbocycles. The normalized spacial score (nSPS) is 23.2. The zero-order valence-electron chi connectivity index (χ0n) is 10.8. The molecule has 0 spiro atoms. The van der Waals surface area contributed by atoms with Crippen molar-refractivity contribution in [2.45, 2.75) is 25.4 Å². The fraction of sp³-hybridized carbons (Fsp3) is 0.917. The molecule has 1 fully saturated rings. The third kappa shape index (κ3) is 6.00.